The van der Waals surface area contributed by atoms with Crippen LogP contribution in [0.15, 0.2) is 35.2 Å². The van der Waals surface area contributed by atoms with Gasteiger partial charge in [-0.2, -0.15) is 4.31 Å². The van der Waals surface area contributed by atoms with Gasteiger partial charge in [0.2, 0.25) is 10.0 Å². The molecule has 33 heavy (non-hydrogen) atoms. The van der Waals surface area contributed by atoms with Crippen LogP contribution in [-0.2, 0) is 19.6 Å². The van der Waals surface area contributed by atoms with Crippen molar-refractivity contribution in [3.8, 4) is 11.5 Å². The number of benzene rings is 2. The number of aryl methyl sites for hydroxylation is 1. The van der Waals surface area contributed by atoms with Crippen LogP contribution in [0.2, 0.25) is 5.02 Å². The number of methoxy groups -OCH3 is 2. The van der Waals surface area contributed by atoms with Gasteiger partial charge in [0.1, 0.15) is 16.4 Å². The highest BCUT2D eigenvalue weighted by molar-refractivity contribution is 7.89. The molecule has 2 aromatic carbocycles. The van der Waals surface area contributed by atoms with Crippen molar-refractivity contribution < 1.29 is 32.2 Å². The Kier molecular flexibility index (Phi) is 7.83. The second-order valence-electron chi connectivity index (χ2n) is 7.40. The maximum atomic E-state index is 13.0. The number of amides is 1. The Labute approximate surface area is 197 Å². The Morgan fingerprint density at radius 2 is 1.73 bits per heavy atom. The fraction of sp³-hybridized carbons (Fsp3) is 0.364. The number of esters is 1. The Bertz CT molecular complexity index is 1160. The van der Waals surface area contributed by atoms with Crippen molar-refractivity contribution in [3.05, 3.63) is 46.5 Å². The number of carbonyl (C=O) groups excluding carboxylic acids is 2. The van der Waals surface area contributed by atoms with E-state index in [9.17, 15) is 18.0 Å². The molecule has 0 spiro atoms. The second kappa shape index (κ2) is 10.4. The van der Waals surface area contributed by atoms with Crippen LogP contribution >= 0.6 is 11.6 Å². The van der Waals surface area contributed by atoms with Gasteiger partial charge in [-0.05, 0) is 49.6 Å². The number of anilines is 1. The van der Waals surface area contributed by atoms with Crippen LogP contribution in [0.4, 0.5) is 5.69 Å². The molecule has 0 bridgehead atoms. The molecule has 1 amide bonds. The van der Waals surface area contributed by atoms with Crippen LogP contribution in [0.25, 0.3) is 0 Å². The summed E-state index contributed by atoms with van der Waals surface area (Å²) in [5.74, 6) is -0.953. The van der Waals surface area contributed by atoms with E-state index in [4.69, 9.17) is 25.8 Å². The zero-order valence-corrected chi connectivity index (χ0v) is 20.1. The minimum Gasteiger partial charge on any atom is -0.495 e. The second-order valence-corrected chi connectivity index (χ2v) is 9.72. The number of hydrogen-bond acceptors (Lipinski definition) is 7. The lowest BCUT2D eigenvalue weighted by Crippen LogP contribution is -2.28. The smallest absolute Gasteiger partial charge is 0.338 e. The number of ether oxygens (including phenoxy) is 3. The van der Waals surface area contributed by atoms with Crippen molar-refractivity contribution in [2.75, 3.05) is 39.2 Å². The van der Waals surface area contributed by atoms with Gasteiger partial charge in [0.15, 0.2) is 6.61 Å². The normalized spacial score (nSPS) is 14.1. The molecule has 9 nitrogen and oxygen atoms in total. The monoisotopic (exact) mass is 496 g/mol. The number of nitrogens with zero attached hydrogens (tertiary/aromatic N) is 1. The summed E-state index contributed by atoms with van der Waals surface area (Å²) in [6.07, 6.45) is 1.55. The van der Waals surface area contributed by atoms with Crippen LogP contribution in [0, 0.1) is 6.92 Å². The zero-order valence-electron chi connectivity index (χ0n) is 18.5. The van der Waals surface area contributed by atoms with E-state index in [-0.39, 0.29) is 16.2 Å². The summed E-state index contributed by atoms with van der Waals surface area (Å²) < 4.78 is 42.8. The third kappa shape index (κ3) is 5.58. The number of halogens is 1. The van der Waals surface area contributed by atoms with Gasteiger partial charge in [0.25, 0.3) is 5.91 Å². The summed E-state index contributed by atoms with van der Waals surface area (Å²) in [4.78, 5) is 24.7. The molecule has 2 aromatic rings. The first-order valence-corrected chi connectivity index (χ1v) is 12.0. The molecule has 1 N–H and O–H groups in total. The van der Waals surface area contributed by atoms with E-state index in [1.54, 1.807) is 19.1 Å². The molecule has 0 atom stereocenters. The van der Waals surface area contributed by atoms with E-state index >= 15 is 0 Å². The average molecular weight is 497 g/mol. The minimum absolute atomic E-state index is 0.0127. The lowest BCUT2D eigenvalue weighted by molar-refractivity contribution is -0.119. The van der Waals surface area contributed by atoms with Crippen LogP contribution in [0.5, 0.6) is 11.5 Å². The highest BCUT2D eigenvalue weighted by atomic mass is 35.5. The van der Waals surface area contributed by atoms with E-state index in [0.29, 0.717) is 29.5 Å². The van der Waals surface area contributed by atoms with E-state index in [1.807, 2.05) is 0 Å². The van der Waals surface area contributed by atoms with E-state index in [0.717, 1.165) is 18.4 Å². The Morgan fingerprint density at radius 3 is 2.36 bits per heavy atom. The van der Waals surface area contributed by atoms with Gasteiger partial charge in [-0.1, -0.05) is 11.6 Å². The topological polar surface area (TPSA) is 111 Å². The van der Waals surface area contributed by atoms with Gasteiger partial charge in [-0.15, -0.1) is 0 Å². The largest absolute Gasteiger partial charge is 0.495 e. The number of carbonyl (C=O) groups is 2. The van der Waals surface area contributed by atoms with Gasteiger partial charge in [0, 0.05) is 24.2 Å². The Balaban J connectivity index is 1.72. The lowest BCUT2D eigenvalue weighted by Gasteiger charge is -2.18. The lowest BCUT2D eigenvalue weighted by atomic mass is 10.2. The Morgan fingerprint density at radius 1 is 1.06 bits per heavy atom. The van der Waals surface area contributed by atoms with Gasteiger partial charge < -0.3 is 19.5 Å². The van der Waals surface area contributed by atoms with Crippen molar-refractivity contribution in [2.24, 2.45) is 0 Å². The van der Waals surface area contributed by atoms with Crippen molar-refractivity contribution in [1.82, 2.24) is 4.31 Å². The molecule has 0 radical (unpaired) electrons. The van der Waals surface area contributed by atoms with Crippen molar-refractivity contribution >= 4 is 39.2 Å². The fourth-order valence-corrected chi connectivity index (χ4v) is 5.26. The molecule has 1 heterocycles. The summed E-state index contributed by atoms with van der Waals surface area (Å²) in [5.41, 5.74) is 1.10. The molecule has 11 heteroatoms. The maximum absolute atomic E-state index is 13.0. The quantitative estimate of drug-likeness (QED) is 0.558. The summed E-state index contributed by atoms with van der Waals surface area (Å²) in [6, 6.07) is 7.19. The van der Waals surface area contributed by atoms with Gasteiger partial charge in [0.05, 0.1) is 25.5 Å². The highest BCUT2D eigenvalue weighted by Gasteiger charge is 2.31. The first-order valence-electron chi connectivity index (χ1n) is 10.2. The maximum Gasteiger partial charge on any atom is 0.338 e. The molecule has 1 fully saturated rings. The molecule has 1 aliphatic heterocycles. The predicted molar refractivity (Wildman–Crippen MR) is 123 cm³/mol. The number of rotatable bonds is 8. The molecule has 3 rings (SSSR count). The van der Waals surface area contributed by atoms with Crippen LogP contribution in [-0.4, -0.2) is 58.5 Å². The van der Waals surface area contributed by atoms with Crippen LogP contribution in [0.1, 0.15) is 28.8 Å². The molecule has 178 valence electrons. The molecular formula is C22H25ClN2O7S. The minimum atomic E-state index is -3.83. The average Bonchev–Trinajstić information content (AvgIpc) is 3.35. The van der Waals surface area contributed by atoms with Crippen LogP contribution in [0.3, 0.4) is 0 Å². The van der Waals surface area contributed by atoms with E-state index in [2.05, 4.69) is 5.32 Å². The SMILES string of the molecule is COc1cc(Cl)c(C)cc1NC(=O)COC(=O)c1ccc(OC)c(S(=O)(=O)N2CCCC2)c1. The third-order valence-electron chi connectivity index (χ3n) is 5.17. The molecule has 0 aromatic heterocycles. The first-order chi connectivity index (χ1) is 15.7. The predicted octanol–water partition coefficient (Wildman–Crippen LogP) is 3.25. The summed E-state index contributed by atoms with van der Waals surface area (Å²) in [6.45, 7) is 2.01. The molecule has 0 unspecified atom stereocenters. The highest BCUT2D eigenvalue weighted by Crippen LogP contribution is 2.31. The molecular weight excluding hydrogens is 472 g/mol. The summed E-state index contributed by atoms with van der Waals surface area (Å²) in [5, 5.41) is 3.09. The third-order valence-corrected chi connectivity index (χ3v) is 7.50. The van der Waals surface area contributed by atoms with Gasteiger partial charge in [-0.25, -0.2) is 13.2 Å². The summed E-state index contributed by atoms with van der Waals surface area (Å²) >= 11 is 6.06. The van der Waals surface area contributed by atoms with Crippen LogP contribution < -0.4 is 14.8 Å². The van der Waals surface area contributed by atoms with Gasteiger partial charge >= 0.3 is 5.97 Å². The number of nitrogens with one attached hydrogen (secondary N) is 1. The molecule has 1 saturated heterocycles. The number of sulfonamides is 1. The first kappa shape index (κ1) is 24.8. The summed E-state index contributed by atoms with van der Waals surface area (Å²) in [7, 11) is -1.03. The standard InChI is InChI=1S/C22H25ClN2O7S/c1-14-10-17(19(31-3)12-16(14)23)24-21(26)13-32-22(27)15-6-7-18(30-2)20(11-15)33(28,29)25-8-4-5-9-25/h6-7,10-12H,4-5,8-9,13H2,1-3H3,(H,24,26). The van der Waals surface area contributed by atoms with Crippen molar-refractivity contribution in [1.29, 1.82) is 0 Å². The van der Waals surface area contributed by atoms with Crippen molar-refractivity contribution in [2.45, 2.75) is 24.7 Å². The molecule has 0 aliphatic carbocycles. The van der Waals surface area contributed by atoms with Gasteiger partial charge in [-0.3, -0.25) is 4.79 Å². The molecule has 0 saturated carbocycles. The van der Waals surface area contributed by atoms with E-state index < -0.39 is 28.5 Å². The fourth-order valence-electron chi connectivity index (χ4n) is 3.40. The van der Waals surface area contributed by atoms with E-state index in [1.165, 1.54) is 36.7 Å². The number of hydrogen-bond donors (Lipinski definition) is 1. The molecule has 1 aliphatic rings. The van der Waals surface area contributed by atoms with Crippen molar-refractivity contribution in [3.63, 3.8) is 0 Å². The Hall–Kier alpha value is -2.82. The zero-order chi connectivity index (χ0) is 24.2.